The molecule has 0 fully saturated rings. The van der Waals surface area contributed by atoms with Gasteiger partial charge in [0.2, 0.25) is 0 Å². The van der Waals surface area contributed by atoms with E-state index in [0.29, 0.717) is 0 Å². The number of benzene rings is 1. The fourth-order valence-corrected chi connectivity index (χ4v) is 0.760. The van der Waals surface area contributed by atoms with Gasteiger partial charge in [0.15, 0.2) is 0 Å². The van der Waals surface area contributed by atoms with Crippen molar-refractivity contribution >= 4 is 16.7 Å². The maximum absolute atomic E-state index is 3.21. The third-order valence-electron chi connectivity index (χ3n) is 1.15. The van der Waals surface area contributed by atoms with Gasteiger partial charge >= 0.3 is 0 Å². The predicted molar refractivity (Wildman–Crippen MR) is 51.9 cm³/mol. The highest BCUT2D eigenvalue weighted by atomic mass is 28.1. The first kappa shape index (κ1) is 9.24. The van der Waals surface area contributed by atoms with Crippen LogP contribution in [0.4, 0.5) is 5.69 Å². The van der Waals surface area contributed by atoms with E-state index in [0.717, 1.165) is 6.54 Å². The maximum Gasteiger partial charge on any atom is 0.0340 e. The van der Waals surface area contributed by atoms with Crippen LogP contribution in [0.25, 0.3) is 0 Å². The highest BCUT2D eigenvalue weighted by Crippen LogP contribution is 2.02. The van der Waals surface area contributed by atoms with Gasteiger partial charge in [-0.15, -0.1) is 0 Å². The molecule has 0 aromatic heterocycles. The number of nitrogens with one attached hydrogen (secondary N) is 1. The summed E-state index contributed by atoms with van der Waals surface area (Å²) in [6.07, 6.45) is 0. The van der Waals surface area contributed by atoms with Crippen molar-refractivity contribution in [1.29, 1.82) is 0 Å². The highest BCUT2D eigenvalue weighted by Gasteiger charge is 1.81. The third kappa shape index (κ3) is 2.69. The van der Waals surface area contributed by atoms with Crippen LogP contribution in [0.3, 0.4) is 0 Å². The first-order chi connectivity index (χ1) is 4.43. The molecular weight excluding hydrogens is 138 g/mol. The Hall–Kier alpha value is -0.763. The zero-order valence-corrected chi connectivity index (χ0v) is 5.59. The molecule has 0 aliphatic heterocycles. The molecule has 0 saturated carbocycles. The summed E-state index contributed by atoms with van der Waals surface area (Å²) < 4.78 is 0. The maximum atomic E-state index is 3.21. The average Bonchev–Trinajstić information content (AvgIpc) is 1.91. The van der Waals surface area contributed by atoms with Gasteiger partial charge in [-0.1, -0.05) is 18.2 Å². The zero-order valence-electron chi connectivity index (χ0n) is 5.59. The van der Waals surface area contributed by atoms with Crippen LogP contribution in [0, 0.1) is 0 Å². The monoisotopic (exact) mass is 153 g/mol. The molecule has 2 heteroatoms. The van der Waals surface area contributed by atoms with Crippen LogP contribution in [0.15, 0.2) is 30.3 Å². The molecule has 0 saturated heterocycles. The predicted octanol–water partition coefficient (Wildman–Crippen LogP) is 0.667. The minimum Gasteiger partial charge on any atom is -0.385 e. The molecule has 0 spiro atoms. The second-order valence-corrected chi connectivity index (χ2v) is 1.90. The Morgan fingerprint density at radius 1 is 1.20 bits per heavy atom. The Morgan fingerprint density at radius 2 is 1.80 bits per heavy atom. The van der Waals surface area contributed by atoms with E-state index in [4.69, 9.17) is 0 Å². The number of para-hydroxylation sites is 1. The van der Waals surface area contributed by atoms with E-state index in [1.165, 1.54) is 5.69 Å². The molecule has 0 unspecified atom stereocenters. The van der Waals surface area contributed by atoms with Gasteiger partial charge in [-0.05, 0) is 30.0 Å². The summed E-state index contributed by atoms with van der Waals surface area (Å²) in [7, 11) is 0. The second-order valence-electron chi connectivity index (χ2n) is 1.90. The van der Waals surface area contributed by atoms with E-state index in [-0.39, 0.29) is 11.0 Å². The van der Waals surface area contributed by atoms with Crippen LogP contribution in [0.5, 0.6) is 0 Å². The Labute approximate surface area is 66.5 Å². The number of anilines is 1. The Bertz CT molecular complexity index is 162. The molecule has 0 aliphatic rings. The Morgan fingerprint density at radius 3 is 2.30 bits per heavy atom. The van der Waals surface area contributed by atoms with E-state index in [1.807, 2.05) is 18.2 Å². The summed E-state index contributed by atoms with van der Waals surface area (Å²) in [6, 6.07) is 10.2. The summed E-state index contributed by atoms with van der Waals surface area (Å²) in [5, 5.41) is 3.21. The van der Waals surface area contributed by atoms with Gasteiger partial charge in [-0.25, -0.2) is 0 Å². The number of rotatable bonds is 2. The van der Waals surface area contributed by atoms with E-state index in [9.17, 15) is 0 Å². The van der Waals surface area contributed by atoms with Crippen LogP contribution >= 0.6 is 0 Å². The van der Waals surface area contributed by atoms with E-state index in [2.05, 4.69) is 24.4 Å². The largest absolute Gasteiger partial charge is 0.385 e. The summed E-state index contributed by atoms with van der Waals surface area (Å²) in [6.45, 7) is 3.08. The lowest BCUT2D eigenvalue weighted by Gasteiger charge is -1.99. The van der Waals surface area contributed by atoms with Gasteiger partial charge in [0, 0.05) is 12.2 Å². The molecule has 0 heterocycles. The van der Waals surface area contributed by atoms with E-state index >= 15 is 0 Å². The molecule has 1 aromatic carbocycles. The van der Waals surface area contributed by atoms with Gasteiger partial charge in [-0.3, -0.25) is 0 Å². The van der Waals surface area contributed by atoms with Crippen molar-refractivity contribution in [2.75, 3.05) is 11.9 Å². The fraction of sp³-hybridized carbons (Fsp3) is 0.250. The van der Waals surface area contributed by atoms with Crippen LogP contribution < -0.4 is 5.32 Å². The molecular formula is C8H15NSi. The van der Waals surface area contributed by atoms with Gasteiger partial charge < -0.3 is 5.32 Å². The lowest BCUT2D eigenvalue weighted by Crippen LogP contribution is -1.94. The zero-order chi connectivity index (χ0) is 6.53. The first-order valence-electron chi connectivity index (χ1n) is 3.22. The molecule has 0 bridgehead atoms. The summed E-state index contributed by atoms with van der Waals surface area (Å²) in [5.41, 5.74) is 1.19. The second kappa shape index (κ2) is 5.06. The molecule has 1 N–H and O–H groups in total. The molecule has 0 amide bonds. The summed E-state index contributed by atoms with van der Waals surface area (Å²) >= 11 is 0. The molecule has 0 radical (unpaired) electrons. The van der Waals surface area contributed by atoms with Crippen LogP contribution in [-0.4, -0.2) is 17.5 Å². The van der Waals surface area contributed by atoms with Crippen molar-refractivity contribution < 1.29 is 0 Å². The third-order valence-corrected chi connectivity index (χ3v) is 1.15. The van der Waals surface area contributed by atoms with Crippen molar-refractivity contribution in [2.45, 2.75) is 6.92 Å². The molecule has 1 aromatic rings. The fourth-order valence-electron chi connectivity index (χ4n) is 0.760. The molecule has 0 aliphatic carbocycles. The quantitative estimate of drug-likeness (QED) is 0.616. The standard InChI is InChI=1S/C8H11N.H4Si/c1-2-9-8-6-4-3-5-7-8;/h3-7,9H,2H2,1H3;1H4. The van der Waals surface area contributed by atoms with E-state index < -0.39 is 0 Å². The molecule has 0 atom stereocenters. The average molecular weight is 153 g/mol. The van der Waals surface area contributed by atoms with Gasteiger partial charge in [0.25, 0.3) is 0 Å². The van der Waals surface area contributed by atoms with Gasteiger partial charge in [0.05, 0.1) is 0 Å². The Balaban J connectivity index is 0.000000810. The van der Waals surface area contributed by atoms with Crippen molar-refractivity contribution in [3.05, 3.63) is 30.3 Å². The van der Waals surface area contributed by atoms with E-state index in [1.54, 1.807) is 0 Å². The lowest BCUT2D eigenvalue weighted by molar-refractivity contribution is 1.21. The first-order valence-corrected chi connectivity index (χ1v) is 3.22. The summed E-state index contributed by atoms with van der Waals surface area (Å²) in [4.78, 5) is 0. The minimum atomic E-state index is 0. The smallest absolute Gasteiger partial charge is 0.0340 e. The van der Waals surface area contributed by atoms with Gasteiger partial charge in [-0.2, -0.15) is 0 Å². The van der Waals surface area contributed by atoms with Crippen molar-refractivity contribution in [3.63, 3.8) is 0 Å². The number of hydrogen-bond acceptors (Lipinski definition) is 1. The summed E-state index contributed by atoms with van der Waals surface area (Å²) in [5.74, 6) is 0. The normalized spacial score (nSPS) is 8.10. The lowest BCUT2D eigenvalue weighted by atomic mass is 10.3. The van der Waals surface area contributed by atoms with Gasteiger partial charge in [0.1, 0.15) is 0 Å². The van der Waals surface area contributed by atoms with Crippen molar-refractivity contribution in [1.82, 2.24) is 0 Å². The number of hydrogen-bond donors (Lipinski definition) is 1. The Kier molecular flexibility index (Phi) is 4.67. The minimum absolute atomic E-state index is 0. The highest BCUT2D eigenvalue weighted by molar-refractivity contribution is 5.75. The van der Waals surface area contributed by atoms with Crippen molar-refractivity contribution in [2.24, 2.45) is 0 Å². The van der Waals surface area contributed by atoms with Crippen LogP contribution in [0.1, 0.15) is 6.92 Å². The van der Waals surface area contributed by atoms with Crippen LogP contribution in [0.2, 0.25) is 0 Å². The molecule has 56 valence electrons. The SMILES string of the molecule is CCNc1ccccc1.[SiH4]. The topological polar surface area (TPSA) is 12.0 Å². The molecule has 1 nitrogen and oxygen atoms in total. The van der Waals surface area contributed by atoms with Crippen molar-refractivity contribution in [3.8, 4) is 0 Å². The van der Waals surface area contributed by atoms with Crippen LogP contribution in [-0.2, 0) is 0 Å². The molecule has 10 heavy (non-hydrogen) atoms. The molecule has 1 rings (SSSR count).